The summed E-state index contributed by atoms with van der Waals surface area (Å²) in [5.41, 5.74) is 4.08. The van der Waals surface area contributed by atoms with Crippen molar-refractivity contribution in [1.82, 2.24) is 25.5 Å². The van der Waals surface area contributed by atoms with E-state index in [0.717, 1.165) is 55.1 Å². The van der Waals surface area contributed by atoms with E-state index in [2.05, 4.69) is 25.5 Å². The van der Waals surface area contributed by atoms with Gasteiger partial charge in [0.2, 0.25) is 5.89 Å². The van der Waals surface area contributed by atoms with E-state index in [0.29, 0.717) is 24.7 Å². The molecule has 0 radical (unpaired) electrons. The average Bonchev–Trinajstić information content (AvgIpc) is 3.43. The van der Waals surface area contributed by atoms with Gasteiger partial charge in [0.15, 0.2) is 5.82 Å². The summed E-state index contributed by atoms with van der Waals surface area (Å²) >= 11 is 1.66. The average molecular weight is 416 g/mol. The highest BCUT2D eigenvalue weighted by Crippen LogP contribution is 2.30. The van der Waals surface area contributed by atoms with E-state index in [4.69, 9.17) is 9.05 Å². The van der Waals surface area contributed by atoms with Gasteiger partial charge in [-0.05, 0) is 25.8 Å². The molecule has 0 bridgehead atoms. The molecule has 1 N–H and O–H groups in total. The van der Waals surface area contributed by atoms with Crippen LogP contribution in [-0.4, -0.2) is 39.2 Å². The third-order valence-electron chi connectivity index (χ3n) is 5.28. The molecule has 0 aromatic carbocycles. The van der Waals surface area contributed by atoms with Gasteiger partial charge in [0, 0.05) is 54.8 Å². The van der Waals surface area contributed by atoms with E-state index in [1.54, 1.807) is 11.3 Å². The summed E-state index contributed by atoms with van der Waals surface area (Å²) in [5.74, 6) is 2.10. The predicted octanol–water partition coefficient (Wildman–Crippen LogP) is 2.83. The number of carbonyl (C=O) groups is 1. The van der Waals surface area contributed by atoms with Crippen LogP contribution in [0.3, 0.4) is 0 Å². The van der Waals surface area contributed by atoms with Gasteiger partial charge >= 0.3 is 0 Å². The van der Waals surface area contributed by atoms with Gasteiger partial charge in [0.05, 0.1) is 11.3 Å². The summed E-state index contributed by atoms with van der Waals surface area (Å²) in [7, 11) is 0. The molecule has 0 saturated heterocycles. The van der Waals surface area contributed by atoms with Crippen molar-refractivity contribution in [3.8, 4) is 0 Å². The lowest BCUT2D eigenvalue weighted by atomic mass is 10.0. The minimum absolute atomic E-state index is 0.0306. The summed E-state index contributed by atoms with van der Waals surface area (Å²) in [6.07, 6.45) is 2.15. The van der Waals surface area contributed by atoms with E-state index in [9.17, 15) is 4.79 Å². The Balaban J connectivity index is 1.34. The highest BCUT2D eigenvalue weighted by molar-refractivity contribution is 7.10. The van der Waals surface area contributed by atoms with E-state index >= 15 is 0 Å². The van der Waals surface area contributed by atoms with Crippen molar-refractivity contribution in [2.75, 3.05) is 13.1 Å². The Kier molecular flexibility index (Phi) is 5.77. The van der Waals surface area contributed by atoms with Gasteiger partial charge in [0.25, 0.3) is 5.91 Å². The van der Waals surface area contributed by atoms with Crippen molar-refractivity contribution >= 4 is 17.2 Å². The van der Waals surface area contributed by atoms with Crippen LogP contribution in [-0.2, 0) is 32.4 Å². The first-order valence-electron chi connectivity index (χ1n) is 9.88. The number of rotatable bonds is 7. The molecule has 0 fully saturated rings. The number of carbonyl (C=O) groups excluding carboxylic acids is 1. The normalized spacial score (nSPS) is 14.2. The maximum absolute atomic E-state index is 12.7. The fourth-order valence-corrected chi connectivity index (χ4v) is 4.69. The van der Waals surface area contributed by atoms with Gasteiger partial charge in [-0.15, -0.1) is 11.3 Å². The van der Waals surface area contributed by atoms with E-state index in [1.807, 2.05) is 26.2 Å². The molecule has 29 heavy (non-hydrogen) atoms. The van der Waals surface area contributed by atoms with Crippen LogP contribution in [0.25, 0.3) is 0 Å². The molecule has 0 saturated carbocycles. The van der Waals surface area contributed by atoms with Gasteiger partial charge < -0.3 is 14.4 Å². The second-order valence-electron chi connectivity index (χ2n) is 7.28. The van der Waals surface area contributed by atoms with Gasteiger partial charge in [-0.25, -0.2) is 0 Å². The first kappa shape index (κ1) is 19.8. The fraction of sp³-hybridized carbons (Fsp3) is 0.500. The summed E-state index contributed by atoms with van der Waals surface area (Å²) in [6, 6.07) is 0. The first-order chi connectivity index (χ1) is 14.0. The quantitative estimate of drug-likeness (QED) is 0.634. The minimum Gasteiger partial charge on any atom is -0.361 e. The third-order valence-corrected chi connectivity index (χ3v) is 6.30. The molecule has 3 aromatic rings. The number of aromatic nitrogens is 3. The van der Waals surface area contributed by atoms with Crippen molar-refractivity contribution in [1.29, 1.82) is 0 Å². The zero-order chi connectivity index (χ0) is 20.4. The van der Waals surface area contributed by atoms with Crippen molar-refractivity contribution in [3.63, 3.8) is 0 Å². The van der Waals surface area contributed by atoms with E-state index in [-0.39, 0.29) is 5.91 Å². The van der Waals surface area contributed by atoms with Crippen LogP contribution >= 0.6 is 11.3 Å². The first-order valence-corrected chi connectivity index (χ1v) is 10.8. The zero-order valence-electron chi connectivity index (χ0n) is 16.9. The lowest BCUT2D eigenvalue weighted by Gasteiger charge is -2.27. The lowest BCUT2D eigenvalue weighted by Crippen LogP contribution is -2.31. The monoisotopic (exact) mass is 415 g/mol. The highest BCUT2D eigenvalue weighted by Gasteiger charge is 2.25. The van der Waals surface area contributed by atoms with Crippen molar-refractivity contribution in [3.05, 3.63) is 50.1 Å². The number of amides is 1. The van der Waals surface area contributed by atoms with Crippen LogP contribution in [0.5, 0.6) is 0 Å². The van der Waals surface area contributed by atoms with Crippen LogP contribution in [0.4, 0.5) is 0 Å². The number of thiophene rings is 1. The maximum Gasteiger partial charge on any atom is 0.252 e. The Labute approximate surface area is 173 Å². The smallest absolute Gasteiger partial charge is 0.252 e. The lowest BCUT2D eigenvalue weighted by molar-refractivity contribution is 0.0952. The van der Waals surface area contributed by atoms with Crippen molar-refractivity contribution in [2.24, 2.45) is 0 Å². The second-order valence-corrected chi connectivity index (χ2v) is 8.24. The number of hydrogen-bond acceptors (Lipinski definition) is 8. The standard InChI is InChI=1S/C20H25N5O3S/c1-4-18-22-19(28-24-18)5-7-21-20(26)16-11-29-17-10-25(8-6-14(16)17)9-15-12(2)23-27-13(15)3/h11H,4-10H2,1-3H3,(H,21,26). The Morgan fingerprint density at radius 1 is 1.31 bits per heavy atom. The van der Waals surface area contributed by atoms with E-state index in [1.165, 1.54) is 10.4 Å². The molecule has 1 amide bonds. The summed E-state index contributed by atoms with van der Waals surface area (Å²) < 4.78 is 10.4. The number of nitrogens with zero attached hydrogens (tertiary/aromatic N) is 4. The Hall–Kier alpha value is -2.52. The molecule has 9 heteroatoms. The molecule has 3 aromatic heterocycles. The van der Waals surface area contributed by atoms with Crippen LogP contribution in [0, 0.1) is 13.8 Å². The number of hydrogen-bond donors (Lipinski definition) is 1. The maximum atomic E-state index is 12.7. The number of nitrogens with one attached hydrogen (secondary N) is 1. The summed E-state index contributed by atoms with van der Waals surface area (Å²) in [4.78, 5) is 20.6. The molecule has 0 spiro atoms. The molecular formula is C20H25N5O3S. The molecular weight excluding hydrogens is 390 g/mol. The third kappa shape index (κ3) is 4.25. The SMILES string of the molecule is CCc1noc(CCNC(=O)c2csc3c2CCN(Cc2c(C)noc2C)C3)n1. The highest BCUT2D eigenvalue weighted by atomic mass is 32.1. The van der Waals surface area contributed by atoms with Crippen molar-refractivity contribution in [2.45, 2.75) is 53.1 Å². The molecule has 1 aliphatic rings. The van der Waals surface area contributed by atoms with Gasteiger partial charge in [-0.1, -0.05) is 17.2 Å². The van der Waals surface area contributed by atoms with Crippen LogP contribution in [0.15, 0.2) is 14.4 Å². The largest absolute Gasteiger partial charge is 0.361 e. The molecule has 4 heterocycles. The Morgan fingerprint density at radius 3 is 2.90 bits per heavy atom. The second kappa shape index (κ2) is 8.46. The molecule has 8 nitrogen and oxygen atoms in total. The van der Waals surface area contributed by atoms with Gasteiger partial charge in [-0.3, -0.25) is 9.69 Å². The predicted molar refractivity (Wildman–Crippen MR) is 108 cm³/mol. The summed E-state index contributed by atoms with van der Waals surface area (Å²) in [5, 5.41) is 12.9. The molecule has 0 atom stereocenters. The molecule has 154 valence electrons. The van der Waals surface area contributed by atoms with Crippen LogP contribution in [0.2, 0.25) is 0 Å². The minimum atomic E-state index is -0.0306. The van der Waals surface area contributed by atoms with Crippen LogP contribution < -0.4 is 5.32 Å². The number of aryl methyl sites for hydroxylation is 3. The molecule has 0 aliphatic carbocycles. The van der Waals surface area contributed by atoms with Gasteiger partial charge in [-0.2, -0.15) is 4.98 Å². The topological polar surface area (TPSA) is 97.3 Å². The van der Waals surface area contributed by atoms with Crippen molar-refractivity contribution < 1.29 is 13.8 Å². The molecule has 4 rings (SSSR count). The molecule has 0 unspecified atom stereocenters. The Morgan fingerprint density at radius 2 is 2.17 bits per heavy atom. The Bertz CT molecular complexity index is 986. The zero-order valence-corrected chi connectivity index (χ0v) is 17.8. The summed E-state index contributed by atoms with van der Waals surface area (Å²) in [6.45, 7) is 8.97. The van der Waals surface area contributed by atoms with E-state index < -0.39 is 0 Å². The van der Waals surface area contributed by atoms with Gasteiger partial charge in [0.1, 0.15) is 5.76 Å². The fourth-order valence-electron chi connectivity index (χ4n) is 3.57. The molecule has 1 aliphatic heterocycles. The van der Waals surface area contributed by atoms with Crippen LogP contribution in [0.1, 0.15) is 56.5 Å². The number of fused-ring (bicyclic) bond motifs is 1.